The Morgan fingerprint density at radius 3 is 2.11 bits per heavy atom. The summed E-state index contributed by atoms with van der Waals surface area (Å²) in [5.74, 6) is -6.12. The van der Waals surface area contributed by atoms with Crippen molar-refractivity contribution in [3.8, 4) is 0 Å². The minimum atomic E-state index is -1.72. The van der Waals surface area contributed by atoms with Crippen molar-refractivity contribution < 1.29 is 22.4 Å². The number of anilines is 1. The van der Waals surface area contributed by atoms with E-state index in [9.17, 15) is 22.4 Å². The zero-order valence-corrected chi connectivity index (χ0v) is 9.38. The molecule has 0 spiro atoms. The van der Waals surface area contributed by atoms with E-state index in [0.29, 0.717) is 6.07 Å². The van der Waals surface area contributed by atoms with E-state index in [1.54, 1.807) is 0 Å². The van der Waals surface area contributed by atoms with Crippen molar-refractivity contribution in [1.82, 2.24) is 0 Å². The van der Waals surface area contributed by atoms with E-state index in [2.05, 4.69) is 5.32 Å². The predicted octanol–water partition coefficient (Wildman–Crippen LogP) is 3.50. The van der Waals surface area contributed by atoms with Crippen LogP contribution < -0.4 is 5.32 Å². The van der Waals surface area contributed by atoms with Crippen LogP contribution in [0.4, 0.5) is 23.2 Å². The summed E-state index contributed by atoms with van der Waals surface area (Å²) < 4.78 is 51.7. The summed E-state index contributed by atoms with van der Waals surface area (Å²) in [5.41, 5.74) is -0.432. The van der Waals surface area contributed by atoms with Crippen LogP contribution in [0, 0.1) is 23.3 Å². The summed E-state index contributed by atoms with van der Waals surface area (Å²) in [6.07, 6.45) is 0. The lowest BCUT2D eigenvalue weighted by atomic mass is 10.1. The SMILES string of the molecule is O=C(Nc1ccc(F)cc1)c1ccc(F)c(F)c1F. The maximum absolute atomic E-state index is 13.3. The van der Waals surface area contributed by atoms with Crippen LogP contribution in [0.2, 0.25) is 0 Å². The van der Waals surface area contributed by atoms with Gasteiger partial charge in [0.25, 0.3) is 5.91 Å². The normalized spacial score (nSPS) is 10.3. The predicted molar refractivity (Wildman–Crippen MR) is 60.7 cm³/mol. The van der Waals surface area contributed by atoms with E-state index in [1.807, 2.05) is 0 Å². The van der Waals surface area contributed by atoms with Crippen molar-refractivity contribution in [2.24, 2.45) is 0 Å². The molecule has 0 aliphatic heterocycles. The second-order valence-electron chi connectivity index (χ2n) is 3.68. The van der Waals surface area contributed by atoms with Crippen LogP contribution in [0.3, 0.4) is 0 Å². The van der Waals surface area contributed by atoms with Crippen LogP contribution >= 0.6 is 0 Å². The minimum Gasteiger partial charge on any atom is -0.322 e. The molecular formula is C13H7F4NO. The fourth-order valence-corrected chi connectivity index (χ4v) is 1.43. The summed E-state index contributed by atoms with van der Waals surface area (Å²) in [4.78, 5) is 11.6. The van der Waals surface area contributed by atoms with Gasteiger partial charge in [0, 0.05) is 5.69 Å². The highest BCUT2D eigenvalue weighted by Gasteiger charge is 2.18. The Labute approximate surface area is 105 Å². The maximum atomic E-state index is 13.3. The molecule has 0 aliphatic rings. The average molecular weight is 269 g/mol. The van der Waals surface area contributed by atoms with Crippen LogP contribution in [0.5, 0.6) is 0 Å². The lowest BCUT2D eigenvalue weighted by molar-refractivity contribution is 0.102. The first-order valence-corrected chi connectivity index (χ1v) is 5.19. The smallest absolute Gasteiger partial charge is 0.258 e. The van der Waals surface area contributed by atoms with Crippen LogP contribution in [-0.2, 0) is 0 Å². The monoisotopic (exact) mass is 269 g/mol. The quantitative estimate of drug-likeness (QED) is 0.656. The van der Waals surface area contributed by atoms with Gasteiger partial charge in [-0.3, -0.25) is 4.79 Å². The average Bonchev–Trinajstić information content (AvgIpc) is 2.39. The fraction of sp³-hybridized carbons (Fsp3) is 0. The standard InChI is InChI=1S/C13H7F4NO/c14-7-1-3-8(4-2-7)18-13(19)9-5-6-10(15)12(17)11(9)16/h1-6H,(H,18,19). The molecule has 0 saturated heterocycles. The van der Waals surface area contributed by atoms with Gasteiger partial charge in [0.15, 0.2) is 17.5 Å². The van der Waals surface area contributed by atoms with Gasteiger partial charge in [0.1, 0.15) is 5.82 Å². The molecule has 0 aromatic heterocycles. The number of rotatable bonds is 2. The number of halogens is 4. The number of benzene rings is 2. The van der Waals surface area contributed by atoms with Gasteiger partial charge in [0.05, 0.1) is 5.56 Å². The number of hydrogen-bond acceptors (Lipinski definition) is 1. The Balaban J connectivity index is 2.25. The molecule has 1 amide bonds. The number of nitrogens with one attached hydrogen (secondary N) is 1. The van der Waals surface area contributed by atoms with E-state index in [0.717, 1.165) is 18.2 Å². The number of carbonyl (C=O) groups excluding carboxylic acids is 1. The van der Waals surface area contributed by atoms with E-state index in [-0.39, 0.29) is 5.69 Å². The molecule has 2 aromatic carbocycles. The Hall–Kier alpha value is -2.37. The van der Waals surface area contributed by atoms with Gasteiger partial charge in [-0.05, 0) is 36.4 Å². The van der Waals surface area contributed by atoms with Crippen molar-refractivity contribution in [2.75, 3.05) is 5.32 Å². The highest BCUT2D eigenvalue weighted by atomic mass is 19.2. The number of carbonyl (C=O) groups is 1. The van der Waals surface area contributed by atoms with Gasteiger partial charge in [0.2, 0.25) is 0 Å². The molecule has 2 nitrogen and oxygen atoms in total. The van der Waals surface area contributed by atoms with Crippen LogP contribution in [0.1, 0.15) is 10.4 Å². The van der Waals surface area contributed by atoms with E-state index in [1.165, 1.54) is 12.1 Å². The minimum absolute atomic E-state index is 0.204. The van der Waals surface area contributed by atoms with Crippen molar-refractivity contribution in [3.05, 3.63) is 65.2 Å². The second kappa shape index (κ2) is 5.09. The summed E-state index contributed by atoms with van der Waals surface area (Å²) >= 11 is 0. The maximum Gasteiger partial charge on any atom is 0.258 e. The third-order valence-electron chi connectivity index (χ3n) is 2.38. The van der Waals surface area contributed by atoms with E-state index in [4.69, 9.17) is 0 Å². The molecule has 0 unspecified atom stereocenters. The first kappa shape index (κ1) is 13.1. The molecule has 6 heteroatoms. The van der Waals surface area contributed by atoms with Crippen molar-refractivity contribution >= 4 is 11.6 Å². The molecule has 2 rings (SSSR count). The zero-order valence-electron chi connectivity index (χ0n) is 9.38. The summed E-state index contributed by atoms with van der Waals surface area (Å²) in [6.45, 7) is 0. The molecule has 0 bridgehead atoms. The number of hydrogen-bond donors (Lipinski definition) is 1. The molecule has 1 N–H and O–H groups in total. The lowest BCUT2D eigenvalue weighted by Crippen LogP contribution is -2.15. The molecule has 0 fully saturated rings. The Morgan fingerprint density at radius 1 is 0.842 bits per heavy atom. The van der Waals surface area contributed by atoms with E-state index >= 15 is 0 Å². The third kappa shape index (κ3) is 2.73. The summed E-state index contributed by atoms with van der Waals surface area (Å²) in [5, 5.41) is 2.24. The highest BCUT2D eigenvalue weighted by molar-refractivity contribution is 6.04. The van der Waals surface area contributed by atoms with Crippen molar-refractivity contribution in [1.29, 1.82) is 0 Å². The molecular weight excluding hydrogens is 262 g/mol. The first-order valence-electron chi connectivity index (χ1n) is 5.19. The fourth-order valence-electron chi connectivity index (χ4n) is 1.43. The molecule has 2 aromatic rings. The first-order chi connectivity index (χ1) is 8.99. The Morgan fingerprint density at radius 2 is 1.47 bits per heavy atom. The van der Waals surface area contributed by atoms with Crippen molar-refractivity contribution in [2.45, 2.75) is 0 Å². The molecule has 0 radical (unpaired) electrons. The summed E-state index contributed by atoms with van der Waals surface area (Å²) in [6, 6.07) is 6.18. The van der Waals surface area contributed by atoms with Crippen LogP contribution in [0.25, 0.3) is 0 Å². The second-order valence-corrected chi connectivity index (χ2v) is 3.68. The largest absolute Gasteiger partial charge is 0.322 e. The van der Waals surface area contributed by atoms with Crippen LogP contribution in [0.15, 0.2) is 36.4 Å². The molecule has 98 valence electrons. The van der Waals surface area contributed by atoms with Gasteiger partial charge >= 0.3 is 0 Å². The summed E-state index contributed by atoms with van der Waals surface area (Å²) in [7, 11) is 0. The zero-order chi connectivity index (χ0) is 14.0. The Kier molecular flexibility index (Phi) is 3.50. The molecule has 0 aliphatic carbocycles. The topological polar surface area (TPSA) is 29.1 Å². The lowest BCUT2D eigenvalue weighted by Gasteiger charge is -2.06. The molecule has 0 heterocycles. The van der Waals surface area contributed by atoms with E-state index < -0.39 is 34.7 Å². The molecule has 0 atom stereocenters. The molecule has 19 heavy (non-hydrogen) atoms. The van der Waals surface area contributed by atoms with Gasteiger partial charge in [-0.15, -0.1) is 0 Å². The highest BCUT2D eigenvalue weighted by Crippen LogP contribution is 2.17. The number of amides is 1. The third-order valence-corrected chi connectivity index (χ3v) is 2.38. The van der Waals surface area contributed by atoms with Gasteiger partial charge in [-0.1, -0.05) is 0 Å². The Bertz CT molecular complexity index is 625. The van der Waals surface area contributed by atoms with Gasteiger partial charge < -0.3 is 5.32 Å². The van der Waals surface area contributed by atoms with Crippen LogP contribution in [-0.4, -0.2) is 5.91 Å². The van der Waals surface area contributed by atoms with Gasteiger partial charge in [-0.2, -0.15) is 0 Å². The molecule has 0 saturated carbocycles. The van der Waals surface area contributed by atoms with Gasteiger partial charge in [-0.25, -0.2) is 17.6 Å². The van der Waals surface area contributed by atoms with Crippen molar-refractivity contribution in [3.63, 3.8) is 0 Å².